The Morgan fingerprint density at radius 2 is 1.74 bits per heavy atom. The summed E-state index contributed by atoms with van der Waals surface area (Å²) in [4.78, 5) is 37.0. The van der Waals surface area contributed by atoms with E-state index in [2.05, 4.69) is 15.5 Å². The van der Waals surface area contributed by atoms with Gasteiger partial charge in [0.05, 0.1) is 17.9 Å². The number of amides is 1. The molecule has 1 aliphatic rings. The molecule has 2 heterocycles. The molecule has 1 aromatic carbocycles. The number of hydrogen-bond donors (Lipinski definition) is 1. The van der Waals surface area contributed by atoms with Gasteiger partial charge in [0, 0.05) is 30.2 Å². The van der Waals surface area contributed by atoms with E-state index >= 15 is 0 Å². The maximum atomic E-state index is 12.6. The van der Waals surface area contributed by atoms with Crippen molar-refractivity contribution < 1.29 is 4.79 Å². The van der Waals surface area contributed by atoms with Crippen molar-refractivity contribution in [3.05, 3.63) is 80.5 Å². The Morgan fingerprint density at radius 3 is 2.45 bits per heavy atom. The largest absolute Gasteiger partial charge is 0.352 e. The lowest BCUT2D eigenvalue weighted by atomic mass is 10.1. The fourth-order valence-electron chi connectivity index (χ4n) is 3.35. The van der Waals surface area contributed by atoms with E-state index in [1.54, 1.807) is 19.1 Å². The molecule has 8 nitrogen and oxygen atoms in total. The van der Waals surface area contributed by atoms with Gasteiger partial charge >= 0.3 is 0 Å². The van der Waals surface area contributed by atoms with Crippen LogP contribution in [-0.4, -0.2) is 32.0 Å². The Bertz CT molecular complexity index is 1210. The number of nitrogens with zero attached hydrogens (tertiary/aromatic N) is 4. The Kier molecular flexibility index (Phi) is 5.79. The van der Waals surface area contributed by atoms with Gasteiger partial charge in [0.2, 0.25) is 5.91 Å². The zero-order valence-corrected chi connectivity index (χ0v) is 17.6. The molecule has 0 radical (unpaired) electrons. The smallest absolute Gasteiger partial charge is 0.267 e. The summed E-state index contributed by atoms with van der Waals surface area (Å²) in [5.74, 6) is 0.0993. The highest BCUT2D eigenvalue weighted by Gasteiger charge is 2.25. The van der Waals surface area contributed by atoms with Crippen LogP contribution in [0.5, 0.6) is 0 Å². The van der Waals surface area contributed by atoms with E-state index < -0.39 is 6.04 Å². The topological polar surface area (TPSA) is 98.9 Å². The number of rotatable bonds is 7. The quantitative estimate of drug-likeness (QED) is 0.632. The number of carbonyl (C=O) groups is 1. The van der Waals surface area contributed by atoms with Crippen LogP contribution >= 0.6 is 0 Å². The van der Waals surface area contributed by atoms with Gasteiger partial charge in [-0.05, 0) is 38.8 Å². The molecule has 2 aromatic heterocycles. The van der Waals surface area contributed by atoms with Gasteiger partial charge in [0.25, 0.3) is 11.1 Å². The SMILES string of the molecule is Cc1ccc(-c2ccc(=O)n(C(C)C(=O)NCCn3nc(C4CC4)ccc3=O)n2)cc1. The average Bonchev–Trinajstić information content (AvgIpc) is 3.61. The maximum absolute atomic E-state index is 12.6. The van der Waals surface area contributed by atoms with Gasteiger partial charge in [0.15, 0.2) is 0 Å². The third kappa shape index (κ3) is 4.79. The second-order valence-corrected chi connectivity index (χ2v) is 7.93. The third-order valence-electron chi connectivity index (χ3n) is 5.42. The van der Waals surface area contributed by atoms with Crippen molar-refractivity contribution in [2.75, 3.05) is 6.54 Å². The normalized spacial score (nSPS) is 14.3. The second kappa shape index (κ2) is 8.67. The molecule has 4 rings (SSSR count). The fraction of sp³-hybridized carbons (Fsp3) is 0.348. The van der Waals surface area contributed by atoms with Crippen LogP contribution in [0.4, 0.5) is 0 Å². The fourth-order valence-corrected chi connectivity index (χ4v) is 3.35. The van der Waals surface area contributed by atoms with Gasteiger partial charge in [-0.1, -0.05) is 29.8 Å². The van der Waals surface area contributed by atoms with Crippen molar-refractivity contribution in [3.8, 4) is 11.3 Å². The van der Waals surface area contributed by atoms with Gasteiger partial charge in [-0.3, -0.25) is 14.4 Å². The van der Waals surface area contributed by atoms with Crippen LogP contribution in [0.3, 0.4) is 0 Å². The molecule has 160 valence electrons. The van der Waals surface area contributed by atoms with E-state index in [4.69, 9.17) is 0 Å². The Balaban J connectivity index is 1.43. The molecule has 3 aromatic rings. The molecule has 1 saturated carbocycles. The summed E-state index contributed by atoms with van der Waals surface area (Å²) >= 11 is 0. The number of carbonyl (C=O) groups excluding carboxylic acids is 1. The molecule has 1 amide bonds. The van der Waals surface area contributed by atoms with E-state index in [9.17, 15) is 14.4 Å². The van der Waals surface area contributed by atoms with Crippen molar-refractivity contribution in [2.45, 2.75) is 45.2 Å². The van der Waals surface area contributed by atoms with Crippen LogP contribution in [0.1, 0.15) is 43.0 Å². The van der Waals surface area contributed by atoms with Gasteiger partial charge in [-0.25, -0.2) is 9.36 Å². The standard InChI is InChI=1S/C23H25N5O3/c1-15-3-5-17(6-4-15)20-10-12-22(30)28(26-20)16(2)23(31)24-13-14-27-21(29)11-9-19(25-27)18-7-8-18/h3-6,9-12,16,18H,7-8,13-14H2,1-2H3,(H,24,31). The molecule has 0 bridgehead atoms. The Labute approximate surface area is 179 Å². The second-order valence-electron chi connectivity index (χ2n) is 7.93. The summed E-state index contributed by atoms with van der Waals surface area (Å²) in [6.45, 7) is 4.12. The molecule has 31 heavy (non-hydrogen) atoms. The van der Waals surface area contributed by atoms with Crippen molar-refractivity contribution in [3.63, 3.8) is 0 Å². The van der Waals surface area contributed by atoms with Gasteiger partial charge < -0.3 is 5.32 Å². The molecule has 1 aliphatic carbocycles. The van der Waals surface area contributed by atoms with Crippen molar-refractivity contribution in [2.24, 2.45) is 0 Å². The summed E-state index contributed by atoms with van der Waals surface area (Å²) in [6.07, 6.45) is 2.20. The molecule has 1 atom stereocenters. The molecular formula is C23H25N5O3. The molecule has 8 heteroatoms. The Hall–Kier alpha value is -3.55. The van der Waals surface area contributed by atoms with Gasteiger partial charge in [-0.2, -0.15) is 10.2 Å². The first-order chi connectivity index (χ1) is 14.9. The zero-order valence-electron chi connectivity index (χ0n) is 17.6. The number of nitrogens with one attached hydrogen (secondary N) is 1. The first kappa shape index (κ1) is 20.7. The van der Waals surface area contributed by atoms with Crippen LogP contribution in [0.15, 0.2) is 58.1 Å². The first-order valence-corrected chi connectivity index (χ1v) is 10.4. The lowest BCUT2D eigenvalue weighted by Crippen LogP contribution is -2.39. The van der Waals surface area contributed by atoms with E-state index in [1.165, 1.54) is 21.5 Å². The highest BCUT2D eigenvalue weighted by atomic mass is 16.2. The van der Waals surface area contributed by atoms with E-state index in [1.807, 2.05) is 31.2 Å². The van der Waals surface area contributed by atoms with E-state index in [0.717, 1.165) is 29.7 Å². The van der Waals surface area contributed by atoms with Gasteiger partial charge in [-0.15, -0.1) is 0 Å². The molecule has 1 unspecified atom stereocenters. The lowest BCUT2D eigenvalue weighted by molar-refractivity contribution is -0.124. The van der Waals surface area contributed by atoms with Crippen molar-refractivity contribution >= 4 is 5.91 Å². The summed E-state index contributed by atoms with van der Waals surface area (Å²) < 4.78 is 2.56. The minimum atomic E-state index is -0.791. The molecule has 0 aliphatic heterocycles. The van der Waals surface area contributed by atoms with Crippen LogP contribution in [0.25, 0.3) is 11.3 Å². The number of aromatic nitrogens is 4. The minimum Gasteiger partial charge on any atom is -0.352 e. The van der Waals surface area contributed by atoms with Crippen LogP contribution in [0, 0.1) is 6.92 Å². The summed E-state index contributed by atoms with van der Waals surface area (Å²) in [7, 11) is 0. The highest BCUT2D eigenvalue weighted by molar-refractivity contribution is 5.79. The molecular weight excluding hydrogens is 394 g/mol. The first-order valence-electron chi connectivity index (χ1n) is 10.4. The van der Waals surface area contributed by atoms with E-state index in [-0.39, 0.29) is 30.1 Å². The Morgan fingerprint density at radius 1 is 1.03 bits per heavy atom. The number of hydrogen-bond acceptors (Lipinski definition) is 5. The minimum absolute atomic E-state index is 0.199. The average molecular weight is 419 g/mol. The lowest BCUT2D eigenvalue weighted by Gasteiger charge is -2.15. The van der Waals surface area contributed by atoms with Crippen LogP contribution in [-0.2, 0) is 11.3 Å². The molecule has 0 spiro atoms. The number of benzene rings is 1. The van der Waals surface area contributed by atoms with Crippen molar-refractivity contribution in [1.29, 1.82) is 0 Å². The summed E-state index contributed by atoms with van der Waals surface area (Å²) in [5.41, 5.74) is 2.98. The monoisotopic (exact) mass is 419 g/mol. The molecule has 0 saturated heterocycles. The van der Waals surface area contributed by atoms with Crippen molar-refractivity contribution in [1.82, 2.24) is 24.9 Å². The van der Waals surface area contributed by atoms with Gasteiger partial charge in [0.1, 0.15) is 6.04 Å². The van der Waals surface area contributed by atoms with Crippen LogP contribution < -0.4 is 16.4 Å². The van der Waals surface area contributed by atoms with E-state index in [0.29, 0.717) is 11.6 Å². The molecule has 1 fully saturated rings. The number of aryl methyl sites for hydroxylation is 1. The highest BCUT2D eigenvalue weighted by Crippen LogP contribution is 2.38. The predicted molar refractivity (Wildman–Crippen MR) is 117 cm³/mol. The molecule has 1 N–H and O–H groups in total. The third-order valence-corrected chi connectivity index (χ3v) is 5.42. The van der Waals surface area contributed by atoms with Crippen LogP contribution in [0.2, 0.25) is 0 Å². The summed E-state index contributed by atoms with van der Waals surface area (Å²) in [5, 5.41) is 11.5. The zero-order chi connectivity index (χ0) is 22.0. The maximum Gasteiger partial charge on any atom is 0.267 e. The predicted octanol–water partition coefficient (Wildman–Crippen LogP) is 2.03. The summed E-state index contributed by atoms with van der Waals surface area (Å²) in [6, 6.07) is 13.4.